The van der Waals surface area contributed by atoms with Crippen molar-refractivity contribution in [2.75, 3.05) is 4.90 Å². The Hall–Kier alpha value is -7.26. The topological polar surface area (TPSA) is 3.24 Å². The molecule has 0 N–H and O–H groups in total. The molecule has 0 amide bonds. The fourth-order valence-corrected chi connectivity index (χ4v) is 9.91. The van der Waals surface area contributed by atoms with Crippen molar-refractivity contribution in [2.24, 2.45) is 0 Å². The maximum absolute atomic E-state index is 2.44. The van der Waals surface area contributed by atoms with Crippen LogP contribution in [0.3, 0.4) is 0 Å². The van der Waals surface area contributed by atoms with E-state index in [-0.39, 0.29) is 0 Å². The zero-order valence-corrected chi connectivity index (χ0v) is 32.5. The zero-order valence-electron chi connectivity index (χ0n) is 31.7. The average Bonchev–Trinajstić information content (AvgIpc) is 3.69. The van der Waals surface area contributed by atoms with Crippen LogP contribution in [0, 0.1) is 0 Å². The molecule has 0 aliphatic rings. The molecule has 2 heteroatoms. The van der Waals surface area contributed by atoms with Gasteiger partial charge in [0.15, 0.2) is 0 Å². The maximum Gasteiger partial charge on any atom is 0.0546 e. The van der Waals surface area contributed by atoms with Gasteiger partial charge in [-0.1, -0.05) is 182 Å². The van der Waals surface area contributed by atoms with E-state index in [4.69, 9.17) is 0 Å². The summed E-state index contributed by atoms with van der Waals surface area (Å²) in [4.78, 5) is 2.44. The quantitative estimate of drug-likeness (QED) is 0.157. The van der Waals surface area contributed by atoms with Gasteiger partial charge in [-0.3, -0.25) is 0 Å². The van der Waals surface area contributed by atoms with Gasteiger partial charge in [-0.2, -0.15) is 0 Å². The van der Waals surface area contributed by atoms with Crippen LogP contribution in [0.15, 0.2) is 224 Å². The fraction of sp³-hybridized carbons (Fsp3) is 0. The lowest BCUT2D eigenvalue weighted by Gasteiger charge is -2.30. The SMILES string of the molecule is c1ccc(-c2ccc(N(c3ccc(-c4cccc5c4sc4ccccc45)cc3)c3cccc(-c4ccc5ccccc5c4)c3-c3cccc4ccccc34)cc2)cc1. The molecule has 0 saturated heterocycles. The molecule has 0 fully saturated rings. The number of fused-ring (bicyclic) bond motifs is 5. The molecular formula is C56H37NS. The average molecular weight is 756 g/mol. The van der Waals surface area contributed by atoms with Crippen molar-refractivity contribution in [3.8, 4) is 44.5 Å². The summed E-state index contributed by atoms with van der Waals surface area (Å²) in [7, 11) is 0. The van der Waals surface area contributed by atoms with Crippen molar-refractivity contribution in [1.82, 2.24) is 0 Å². The minimum Gasteiger partial charge on any atom is -0.310 e. The summed E-state index contributed by atoms with van der Waals surface area (Å²) in [6.45, 7) is 0. The van der Waals surface area contributed by atoms with Crippen LogP contribution in [0.25, 0.3) is 86.2 Å². The molecule has 58 heavy (non-hydrogen) atoms. The van der Waals surface area contributed by atoms with Crippen molar-refractivity contribution in [3.05, 3.63) is 224 Å². The van der Waals surface area contributed by atoms with Crippen LogP contribution in [0.4, 0.5) is 17.1 Å². The number of anilines is 3. The van der Waals surface area contributed by atoms with E-state index in [2.05, 4.69) is 229 Å². The van der Waals surface area contributed by atoms with E-state index >= 15 is 0 Å². The van der Waals surface area contributed by atoms with E-state index < -0.39 is 0 Å². The Labute approximate surface area is 342 Å². The lowest BCUT2D eigenvalue weighted by molar-refractivity contribution is 1.28. The Balaban J connectivity index is 1.14. The van der Waals surface area contributed by atoms with Crippen molar-refractivity contribution in [1.29, 1.82) is 0 Å². The Bertz CT molecular complexity index is 3260. The molecule has 0 spiro atoms. The number of hydrogen-bond acceptors (Lipinski definition) is 2. The summed E-state index contributed by atoms with van der Waals surface area (Å²) in [6.07, 6.45) is 0. The largest absolute Gasteiger partial charge is 0.310 e. The lowest BCUT2D eigenvalue weighted by Crippen LogP contribution is -2.12. The summed E-state index contributed by atoms with van der Waals surface area (Å²) in [5.74, 6) is 0. The third kappa shape index (κ3) is 5.94. The molecular weight excluding hydrogens is 719 g/mol. The van der Waals surface area contributed by atoms with Gasteiger partial charge < -0.3 is 4.90 Å². The van der Waals surface area contributed by atoms with Crippen LogP contribution in [-0.4, -0.2) is 0 Å². The first kappa shape index (κ1) is 34.0. The first-order chi connectivity index (χ1) is 28.8. The van der Waals surface area contributed by atoms with Crippen LogP contribution >= 0.6 is 11.3 Å². The molecule has 1 nitrogen and oxygen atoms in total. The lowest BCUT2D eigenvalue weighted by atomic mass is 9.88. The normalized spacial score (nSPS) is 11.4. The highest BCUT2D eigenvalue weighted by Gasteiger charge is 2.22. The van der Waals surface area contributed by atoms with Gasteiger partial charge in [0.05, 0.1) is 5.69 Å². The summed E-state index contributed by atoms with van der Waals surface area (Å²) < 4.78 is 2.64. The summed E-state index contributed by atoms with van der Waals surface area (Å²) in [5.41, 5.74) is 13.0. The van der Waals surface area contributed by atoms with E-state index in [9.17, 15) is 0 Å². The van der Waals surface area contributed by atoms with E-state index in [1.54, 1.807) is 0 Å². The Kier molecular flexibility index (Phi) is 8.42. The van der Waals surface area contributed by atoms with Crippen LogP contribution in [0.5, 0.6) is 0 Å². The molecule has 0 aliphatic carbocycles. The van der Waals surface area contributed by atoms with Crippen molar-refractivity contribution >= 4 is 70.1 Å². The van der Waals surface area contributed by atoms with E-state index in [0.717, 1.165) is 17.1 Å². The number of hydrogen-bond donors (Lipinski definition) is 0. The highest BCUT2D eigenvalue weighted by molar-refractivity contribution is 7.26. The number of benzene rings is 10. The maximum atomic E-state index is 2.44. The van der Waals surface area contributed by atoms with Crippen LogP contribution in [-0.2, 0) is 0 Å². The Morgan fingerprint density at radius 2 is 0.862 bits per heavy atom. The molecule has 0 bridgehead atoms. The van der Waals surface area contributed by atoms with E-state index in [1.807, 2.05) is 11.3 Å². The molecule has 0 saturated carbocycles. The highest BCUT2D eigenvalue weighted by atomic mass is 32.1. The standard InChI is InChI=1S/C56H37NS/c1-2-13-38(14-3-1)40-29-33-45(34-30-40)57(46-35-31-42(32-36-46)49-22-11-24-52-50-20-8-9-26-54(50)58-56(49)52)53-25-12-21-48(44-28-27-39-15-4-5-17-43(39)37-44)55(53)51-23-10-18-41-16-6-7-19-47(41)51/h1-37H. The highest BCUT2D eigenvalue weighted by Crippen LogP contribution is 2.48. The molecule has 0 radical (unpaired) electrons. The second-order valence-electron chi connectivity index (χ2n) is 14.9. The van der Waals surface area contributed by atoms with Gasteiger partial charge >= 0.3 is 0 Å². The first-order valence-corrected chi connectivity index (χ1v) is 20.7. The van der Waals surface area contributed by atoms with Crippen molar-refractivity contribution in [3.63, 3.8) is 0 Å². The monoisotopic (exact) mass is 755 g/mol. The predicted molar refractivity (Wildman–Crippen MR) is 251 cm³/mol. The molecule has 10 aromatic carbocycles. The number of nitrogens with zero attached hydrogens (tertiary/aromatic N) is 1. The van der Waals surface area contributed by atoms with Gasteiger partial charge in [0.25, 0.3) is 0 Å². The molecule has 11 aromatic rings. The predicted octanol–water partition coefficient (Wildman–Crippen LogP) is 16.5. The van der Waals surface area contributed by atoms with Crippen molar-refractivity contribution in [2.45, 2.75) is 0 Å². The third-order valence-corrected chi connectivity index (χ3v) is 12.7. The minimum absolute atomic E-state index is 1.09. The summed E-state index contributed by atoms with van der Waals surface area (Å²) in [6, 6.07) is 82.0. The Morgan fingerprint density at radius 3 is 1.67 bits per heavy atom. The van der Waals surface area contributed by atoms with Gasteiger partial charge in [-0.05, 0) is 103 Å². The molecule has 272 valence electrons. The second kappa shape index (κ2) is 14.4. The number of rotatable bonds is 7. The Morgan fingerprint density at radius 1 is 0.310 bits per heavy atom. The van der Waals surface area contributed by atoms with Crippen molar-refractivity contribution < 1.29 is 0 Å². The van der Waals surface area contributed by atoms with Crippen LogP contribution in [0.2, 0.25) is 0 Å². The van der Waals surface area contributed by atoms with Gasteiger partial charge in [0, 0.05) is 37.1 Å². The third-order valence-electron chi connectivity index (χ3n) is 11.5. The van der Waals surface area contributed by atoms with E-state index in [1.165, 1.54) is 86.2 Å². The molecule has 0 atom stereocenters. The van der Waals surface area contributed by atoms with Gasteiger partial charge in [0.1, 0.15) is 0 Å². The number of thiophene rings is 1. The first-order valence-electron chi connectivity index (χ1n) is 19.8. The van der Waals surface area contributed by atoms with Crippen LogP contribution < -0.4 is 4.90 Å². The van der Waals surface area contributed by atoms with Gasteiger partial charge in [0.2, 0.25) is 0 Å². The molecule has 0 aliphatic heterocycles. The van der Waals surface area contributed by atoms with Crippen LogP contribution in [0.1, 0.15) is 0 Å². The van der Waals surface area contributed by atoms with E-state index in [0.29, 0.717) is 0 Å². The summed E-state index contributed by atoms with van der Waals surface area (Å²) >= 11 is 1.88. The fourth-order valence-electron chi connectivity index (χ4n) is 8.68. The zero-order chi connectivity index (χ0) is 38.4. The molecule has 1 heterocycles. The smallest absolute Gasteiger partial charge is 0.0546 e. The molecule has 1 aromatic heterocycles. The molecule has 11 rings (SSSR count). The van der Waals surface area contributed by atoms with Gasteiger partial charge in [-0.25, -0.2) is 0 Å². The minimum atomic E-state index is 1.09. The summed E-state index contributed by atoms with van der Waals surface area (Å²) in [5, 5.41) is 7.54. The second-order valence-corrected chi connectivity index (χ2v) is 15.9. The van der Waals surface area contributed by atoms with Gasteiger partial charge in [-0.15, -0.1) is 11.3 Å². The molecule has 0 unspecified atom stereocenters.